The Bertz CT molecular complexity index is 460. The second kappa shape index (κ2) is 6.82. The molecule has 1 aromatic rings. The van der Waals surface area contributed by atoms with E-state index in [1.165, 1.54) is 0 Å². The SMILES string of the molecule is COCC(Nc1nc(C)cc(C)c1C(N)=S)C(C)C. The molecule has 0 spiro atoms. The van der Waals surface area contributed by atoms with Crippen LogP contribution in [0.5, 0.6) is 0 Å². The summed E-state index contributed by atoms with van der Waals surface area (Å²) < 4.78 is 5.24. The zero-order chi connectivity index (χ0) is 14.6. The summed E-state index contributed by atoms with van der Waals surface area (Å²) in [5.41, 5.74) is 8.62. The summed E-state index contributed by atoms with van der Waals surface area (Å²) in [6, 6.07) is 2.16. The van der Waals surface area contributed by atoms with Crippen LogP contribution in [0, 0.1) is 19.8 Å². The summed E-state index contributed by atoms with van der Waals surface area (Å²) in [5, 5.41) is 3.41. The van der Waals surface area contributed by atoms with Crippen LogP contribution in [0.2, 0.25) is 0 Å². The maximum atomic E-state index is 5.81. The molecule has 5 heteroatoms. The van der Waals surface area contributed by atoms with E-state index in [1.807, 2.05) is 19.9 Å². The first kappa shape index (κ1) is 15.9. The van der Waals surface area contributed by atoms with Gasteiger partial charge in [0.1, 0.15) is 10.8 Å². The first-order valence-electron chi connectivity index (χ1n) is 6.40. The molecule has 106 valence electrons. The Balaban J connectivity index is 3.14. The van der Waals surface area contributed by atoms with Gasteiger partial charge in [-0.15, -0.1) is 0 Å². The molecule has 1 rings (SSSR count). The number of nitrogens with one attached hydrogen (secondary N) is 1. The maximum Gasteiger partial charge on any atom is 0.137 e. The third kappa shape index (κ3) is 4.14. The summed E-state index contributed by atoms with van der Waals surface area (Å²) in [6.07, 6.45) is 0. The van der Waals surface area contributed by atoms with Gasteiger partial charge in [-0.25, -0.2) is 4.98 Å². The van der Waals surface area contributed by atoms with Crippen LogP contribution >= 0.6 is 12.2 Å². The van der Waals surface area contributed by atoms with Crippen molar-refractivity contribution in [2.24, 2.45) is 11.7 Å². The van der Waals surface area contributed by atoms with E-state index in [-0.39, 0.29) is 6.04 Å². The summed E-state index contributed by atoms with van der Waals surface area (Å²) in [6.45, 7) is 8.85. The van der Waals surface area contributed by atoms with Gasteiger partial charge in [0.15, 0.2) is 0 Å². The van der Waals surface area contributed by atoms with Gasteiger partial charge in [-0.3, -0.25) is 0 Å². The molecule has 0 radical (unpaired) electrons. The molecule has 4 nitrogen and oxygen atoms in total. The Morgan fingerprint density at radius 2 is 2.11 bits per heavy atom. The van der Waals surface area contributed by atoms with E-state index in [0.29, 0.717) is 17.5 Å². The minimum absolute atomic E-state index is 0.173. The molecule has 1 atom stereocenters. The average Bonchev–Trinajstić information content (AvgIpc) is 2.26. The number of pyridine rings is 1. The lowest BCUT2D eigenvalue weighted by Crippen LogP contribution is -2.32. The lowest BCUT2D eigenvalue weighted by atomic mass is 10.0. The van der Waals surface area contributed by atoms with E-state index in [0.717, 1.165) is 22.6 Å². The highest BCUT2D eigenvalue weighted by Gasteiger charge is 2.18. The summed E-state index contributed by atoms with van der Waals surface area (Å²) in [4.78, 5) is 4.89. The van der Waals surface area contributed by atoms with Crippen molar-refractivity contribution in [2.75, 3.05) is 19.0 Å². The van der Waals surface area contributed by atoms with Crippen molar-refractivity contribution in [1.82, 2.24) is 4.98 Å². The predicted octanol–water partition coefficient (Wildman–Crippen LogP) is 2.42. The van der Waals surface area contributed by atoms with Gasteiger partial charge in [0.25, 0.3) is 0 Å². The minimum atomic E-state index is 0.173. The van der Waals surface area contributed by atoms with E-state index < -0.39 is 0 Å². The largest absolute Gasteiger partial charge is 0.389 e. The molecule has 19 heavy (non-hydrogen) atoms. The number of methoxy groups -OCH3 is 1. The molecule has 3 N–H and O–H groups in total. The number of ether oxygens (including phenoxy) is 1. The Kier molecular flexibility index (Phi) is 5.69. The van der Waals surface area contributed by atoms with Crippen LogP contribution < -0.4 is 11.1 Å². The van der Waals surface area contributed by atoms with Crippen LogP contribution in [0.15, 0.2) is 6.07 Å². The van der Waals surface area contributed by atoms with Gasteiger partial charge in [-0.1, -0.05) is 26.1 Å². The topological polar surface area (TPSA) is 60.2 Å². The molecule has 0 saturated heterocycles. The van der Waals surface area contributed by atoms with Crippen molar-refractivity contribution in [3.8, 4) is 0 Å². The number of anilines is 1. The number of hydrogen-bond donors (Lipinski definition) is 2. The molecular formula is C14H23N3OS. The van der Waals surface area contributed by atoms with Crippen LogP contribution in [0.1, 0.15) is 30.7 Å². The van der Waals surface area contributed by atoms with Gasteiger partial charge in [-0.05, 0) is 31.4 Å². The fraction of sp³-hybridized carbons (Fsp3) is 0.571. The second-order valence-corrected chi connectivity index (χ2v) is 5.56. The number of aryl methyl sites for hydroxylation is 2. The van der Waals surface area contributed by atoms with Crippen molar-refractivity contribution in [3.05, 3.63) is 22.9 Å². The summed E-state index contributed by atoms with van der Waals surface area (Å²) in [7, 11) is 1.69. The third-order valence-electron chi connectivity index (χ3n) is 3.06. The number of nitrogens with two attached hydrogens (primary N) is 1. The molecule has 0 bridgehead atoms. The highest BCUT2D eigenvalue weighted by Crippen LogP contribution is 2.21. The monoisotopic (exact) mass is 281 g/mol. The molecule has 0 aliphatic heterocycles. The van der Waals surface area contributed by atoms with Crippen LogP contribution in [0.4, 0.5) is 5.82 Å². The van der Waals surface area contributed by atoms with Crippen molar-refractivity contribution in [2.45, 2.75) is 33.7 Å². The molecule has 0 aromatic carbocycles. The first-order chi connectivity index (χ1) is 8.86. The lowest BCUT2D eigenvalue weighted by Gasteiger charge is -2.24. The first-order valence-corrected chi connectivity index (χ1v) is 6.81. The highest BCUT2D eigenvalue weighted by molar-refractivity contribution is 7.80. The molecule has 0 fully saturated rings. The predicted molar refractivity (Wildman–Crippen MR) is 83.7 cm³/mol. The van der Waals surface area contributed by atoms with Crippen LogP contribution in [-0.4, -0.2) is 29.7 Å². The molecule has 1 unspecified atom stereocenters. The Labute approximate surface area is 120 Å². The maximum absolute atomic E-state index is 5.81. The van der Waals surface area contributed by atoms with Gasteiger partial charge >= 0.3 is 0 Å². The normalized spacial score (nSPS) is 12.5. The molecule has 1 heterocycles. The second-order valence-electron chi connectivity index (χ2n) is 5.12. The summed E-state index contributed by atoms with van der Waals surface area (Å²) >= 11 is 5.13. The molecular weight excluding hydrogens is 258 g/mol. The zero-order valence-corrected chi connectivity index (χ0v) is 13.1. The molecule has 0 saturated carbocycles. The number of thiocarbonyl (C=S) groups is 1. The van der Waals surface area contributed by atoms with Gasteiger partial charge in [0, 0.05) is 12.8 Å². The van der Waals surface area contributed by atoms with Gasteiger partial charge in [0.2, 0.25) is 0 Å². The van der Waals surface area contributed by atoms with Gasteiger partial charge in [-0.2, -0.15) is 0 Å². The van der Waals surface area contributed by atoms with Crippen molar-refractivity contribution >= 4 is 23.0 Å². The Morgan fingerprint density at radius 1 is 1.47 bits per heavy atom. The standard InChI is InChI=1S/C14H23N3OS/c1-8(2)11(7-18-5)17-14-12(13(15)19)9(3)6-10(4)16-14/h6,8,11H,7H2,1-5H3,(H2,15,19)(H,16,17). The van der Waals surface area contributed by atoms with Crippen molar-refractivity contribution < 1.29 is 4.74 Å². The van der Waals surface area contributed by atoms with E-state index in [1.54, 1.807) is 7.11 Å². The molecule has 0 aliphatic carbocycles. The summed E-state index contributed by atoms with van der Waals surface area (Å²) in [5.74, 6) is 1.17. The van der Waals surface area contributed by atoms with Gasteiger partial charge < -0.3 is 15.8 Å². The van der Waals surface area contributed by atoms with E-state index in [9.17, 15) is 0 Å². The van der Waals surface area contributed by atoms with Gasteiger partial charge in [0.05, 0.1) is 18.2 Å². The number of rotatable bonds is 6. The van der Waals surface area contributed by atoms with E-state index >= 15 is 0 Å². The van der Waals surface area contributed by atoms with Crippen LogP contribution in [-0.2, 0) is 4.74 Å². The molecule has 0 aliphatic rings. The zero-order valence-electron chi connectivity index (χ0n) is 12.3. The number of hydrogen-bond acceptors (Lipinski definition) is 4. The number of nitrogens with zero attached hydrogens (tertiary/aromatic N) is 1. The van der Waals surface area contributed by atoms with E-state index in [2.05, 4.69) is 24.1 Å². The average molecular weight is 281 g/mol. The van der Waals surface area contributed by atoms with Crippen molar-refractivity contribution in [1.29, 1.82) is 0 Å². The van der Waals surface area contributed by atoms with E-state index in [4.69, 9.17) is 22.7 Å². The molecule has 1 aromatic heterocycles. The quantitative estimate of drug-likeness (QED) is 0.784. The minimum Gasteiger partial charge on any atom is -0.389 e. The fourth-order valence-corrected chi connectivity index (χ4v) is 2.27. The van der Waals surface area contributed by atoms with Crippen LogP contribution in [0.3, 0.4) is 0 Å². The smallest absolute Gasteiger partial charge is 0.137 e. The lowest BCUT2D eigenvalue weighted by molar-refractivity contribution is 0.171. The van der Waals surface area contributed by atoms with Crippen molar-refractivity contribution in [3.63, 3.8) is 0 Å². The third-order valence-corrected chi connectivity index (χ3v) is 3.27. The fourth-order valence-electron chi connectivity index (χ4n) is 2.01. The van der Waals surface area contributed by atoms with Crippen LogP contribution in [0.25, 0.3) is 0 Å². The molecule has 0 amide bonds. The Morgan fingerprint density at radius 3 is 2.58 bits per heavy atom. The highest BCUT2D eigenvalue weighted by atomic mass is 32.1. The number of aromatic nitrogens is 1. The Hall–Kier alpha value is -1.20.